The van der Waals surface area contributed by atoms with Crippen molar-refractivity contribution in [2.45, 2.75) is 33.2 Å². The first-order chi connectivity index (χ1) is 7.19. The highest BCUT2D eigenvalue weighted by molar-refractivity contribution is 7.71. The van der Waals surface area contributed by atoms with Gasteiger partial charge in [0, 0.05) is 18.4 Å². The van der Waals surface area contributed by atoms with Crippen LogP contribution in [0.25, 0.3) is 0 Å². The van der Waals surface area contributed by atoms with Gasteiger partial charge in [0.2, 0.25) is 5.91 Å². The molecule has 0 aliphatic carbocycles. The van der Waals surface area contributed by atoms with Gasteiger partial charge in [-0.25, -0.2) is 0 Å². The topological polar surface area (TPSA) is 49.8 Å². The maximum atomic E-state index is 11.5. The number of amides is 1. The number of H-pyrrole nitrogens is 1. The van der Waals surface area contributed by atoms with Crippen LogP contribution in [-0.2, 0) is 17.8 Å². The highest BCUT2D eigenvalue weighted by atomic mass is 32.1. The summed E-state index contributed by atoms with van der Waals surface area (Å²) in [5, 5.41) is 2.83. The first-order valence-electron chi connectivity index (χ1n) is 5.22. The molecule has 0 saturated carbocycles. The molecule has 0 aliphatic rings. The summed E-state index contributed by atoms with van der Waals surface area (Å²) in [6.07, 6.45) is 3.68. The number of hydrogen-bond acceptors (Lipinski definition) is 2. The van der Waals surface area contributed by atoms with E-state index in [1.54, 1.807) is 0 Å². The fourth-order valence-corrected chi connectivity index (χ4v) is 1.60. The molecule has 1 aromatic heterocycles. The molecule has 1 heterocycles. The minimum Gasteiger partial charge on any atom is -0.355 e. The standard InChI is InChI=1S/C10H17N3OS/c1-3-5-11-9(14)7-13-8(4-2)6-12-10(13)15/h6H,3-5,7H2,1-2H3,(H,11,14)(H,12,15). The minimum atomic E-state index is 0.0160. The summed E-state index contributed by atoms with van der Waals surface area (Å²) < 4.78 is 2.44. The van der Waals surface area contributed by atoms with Crippen LogP contribution in [0.4, 0.5) is 0 Å². The Morgan fingerprint density at radius 1 is 1.60 bits per heavy atom. The Hall–Kier alpha value is -1.10. The van der Waals surface area contributed by atoms with Gasteiger partial charge in [-0.05, 0) is 25.1 Å². The van der Waals surface area contributed by atoms with Crippen LogP contribution in [0.1, 0.15) is 26.0 Å². The molecule has 1 amide bonds. The van der Waals surface area contributed by atoms with Crippen molar-refractivity contribution in [3.63, 3.8) is 0 Å². The van der Waals surface area contributed by atoms with E-state index in [-0.39, 0.29) is 5.91 Å². The Morgan fingerprint density at radius 3 is 2.93 bits per heavy atom. The Morgan fingerprint density at radius 2 is 2.33 bits per heavy atom. The van der Waals surface area contributed by atoms with Crippen molar-refractivity contribution in [2.75, 3.05) is 6.54 Å². The summed E-state index contributed by atoms with van der Waals surface area (Å²) in [7, 11) is 0. The number of carbonyl (C=O) groups is 1. The molecule has 0 fully saturated rings. The molecule has 0 atom stereocenters. The number of nitrogens with zero attached hydrogens (tertiary/aromatic N) is 1. The van der Waals surface area contributed by atoms with Gasteiger partial charge >= 0.3 is 0 Å². The average molecular weight is 227 g/mol. The van der Waals surface area contributed by atoms with Crippen LogP contribution in [0.2, 0.25) is 0 Å². The van der Waals surface area contributed by atoms with Crippen LogP contribution in [0.3, 0.4) is 0 Å². The van der Waals surface area contributed by atoms with Crippen molar-refractivity contribution in [3.05, 3.63) is 16.7 Å². The number of nitrogens with one attached hydrogen (secondary N) is 2. The Balaban J connectivity index is 2.67. The average Bonchev–Trinajstić information content (AvgIpc) is 2.57. The van der Waals surface area contributed by atoms with E-state index in [1.807, 2.05) is 24.6 Å². The van der Waals surface area contributed by atoms with Gasteiger partial charge < -0.3 is 14.9 Å². The molecule has 0 bridgehead atoms. The largest absolute Gasteiger partial charge is 0.355 e. The normalized spacial score (nSPS) is 10.3. The Labute approximate surface area is 94.7 Å². The molecule has 2 N–H and O–H groups in total. The summed E-state index contributed by atoms with van der Waals surface area (Å²) in [5.74, 6) is 0.0160. The number of carbonyl (C=O) groups excluding carboxylic acids is 1. The van der Waals surface area contributed by atoms with E-state index in [9.17, 15) is 4.79 Å². The molecule has 1 aromatic rings. The van der Waals surface area contributed by atoms with Gasteiger partial charge in [0.1, 0.15) is 6.54 Å². The van der Waals surface area contributed by atoms with Crippen molar-refractivity contribution in [1.29, 1.82) is 0 Å². The Kier molecular flexibility index (Phi) is 4.55. The van der Waals surface area contributed by atoms with E-state index in [2.05, 4.69) is 10.3 Å². The summed E-state index contributed by atoms with van der Waals surface area (Å²) in [5.41, 5.74) is 1.06. The summed E-state index contributed by atoms with van der Waals surface area (Å²) in [6, 6.07) is 0. The zero-order chi connectivity index (χ0) is 11.3. The fourth-order valence-electron chi connectivity index (χ4n) is 1.36. The van der Waals surface area contributed by atoms with Crippen molar-refractivity contribution in [2.24, 2.45) is 0 Å². The molecule has 84 valence electrons. The monoisotopic (exact) mass is 227 g/mol. The lowest BCUT2D eigenvalue weighted by molar-refractivity contribution is -0.121. The smallest absolute Gasteiger partial charge is 0.240 e. The van der Waals surface area contributed by atoms with E-state index in [1.165, 1.54) is 0 Å². The molecule has 5 heteroatoms. The number of aryl methyl sites for hydroxylation is 1. The van der Waals surface area contributed by atoms with E-state index in [4.69, 9.17) is 12.2 Å². The summed E-state index contributed by atoms with van der Waals surface area (Å²) in [4.78, 5) is 14.4. The number of aromatic nitrogens is 2. The number of rotatable bonds is 5. The van der Waals surface area contributed by atoms with Crippen molar-refractivity contribution in [1.82, 2.24) is 14.9 Å². The second-order valence-corrected chi connectivity index (χ2v) is 3.76. The first-order valence-corrected chi connectivity index (χ1v) is 5.63. The highest BCUT2D eigenvalue weighted by Gasteiger charge is 2.06. The molecule has 4 nitrogen and oxygen atoms in total. The number of imidazole rings is 1. The second kappa shape index (κ2) is 5.70. The lowest BCUT2D eigenvalue weighted by atomic mass is 10.3. The van der Waals surface area contributed by atoms with Crippen LogP contribution in [0.15, 0.2) is 6.20 Å². The number of hydrogen-bond donors (Lipinski definition) is 2. The third-order valence-electron chi connectivity index (χ3n) is 2.19. The zero-order valence-electron chi connectivity index (χ0n) is 9.17. The lowest BCUT2D eigenvalue weighted by Gasteiger charge is -2.07. The summed E-state index contributed by atoms with van der Waals surface area (Å²) >= 11 is 5.10. The van der Waals surface area contributed by atoms with Crippen LogP contribution in [0, 0.1) is 4.77 Å². The van der Waals surface area contributed by atoms with Crippen LogP contribution in [-0.4, -0.2) is 22.0 Å². The maximum Gasteiger partial charge on any atom is 0.240 e. The molecule has 15 heavy (non-hydrogen) atoms. The Bertz CT molecular complexity index is 380. The van der Waals surface area contributed by atoms with Crippen LogP contribution in [0.5, 0.6) is 0 Å². The van der Waals surface area contributed by atoms with Crippen molar-refractivity contribution >= 4 is 18.1 Å². The SMILES string of the molecule is CCCNC(=O)Cn1c(CC)c[nH]c1=S. The molecule has 0 unspecified atom stereocenters. The molecular weight excluding hydrogens is 210 g/mol. The molecule has 0 aromatic carbocycles. The van der Waals surface area contributed by atoms with E-state index in [0.717, 1.165) is 25.1 Å². The van der Waals surface area contributed by atoms with Crippen molar-refractivity contribution < 1.29 is 4.79 Å². The molecule has 0 saturated heterocycles. The summed E-state index contributed by atoms with van der Waals surface area (Å²) in [6.45, 7) is 5.10. The molecule has 0 aliphatic heterocycles. The van der Waals surface area contributed by atoms with Crippen molar-refractivity contribution in [3.8, 4) is 0 Å². The van der Waals surface area contributed by atoms with E-state index >= 15 is 0 Å². The van der Waals surface area contributed by atoms with Gasteiger partial charge in [-0.3, -0.25) is 4.79 Å². The third kappa shape index (κ3) is 3.20. The third-order valence-corrected chi connectivity index (χ3v) is 2.53. The lowest BCUT2D eigenvalue weighted by Crippen LogP contribution is -2.28. The first kappa shape index (κ1) is 12.0. The van der Waals surface area contributed by atoms with E-state index < -0.39 is 0 Å². The molecule has 0 spiro atoms. The molecule has 1 rings (SSSR count). The van der Waals surface area contributed by atoms with Gasteiger partial charge in [0.25, 0.3) is 0 Å². The predicted molar refractivity (Wildman–Crippen MR) is 62.3 cm³/mol. The molecule has 0 radical (unpaired) electrons. The quantitative estimate of drug-likeness (QED) is 0.751. The maximum absolute atomic E-state index is 11.5. The van der Waals surface area contributed by atoms with Crippen LogP contribution < -0.4 is 5.32 Å². The highest BCUT2D eigenvalue weighted by Crippen LogP contribution is 2.02. The van der Waals surface area contributed by atoms with Gasteiger partial charge in [-0.1, -0.05) is 13.8 Å². The fraction of sp³-hybridized carbons (Fsp3) is 0.600. The zero-order valence-corrected chi connectivity index (χ0v) is 9.99. The van der Waals surface area contributed by atoms with Gasteiger partial charge in [-0.2, -0.15) is 0 Å². The molecular formula is C10H17N3OS. The number of aromatic amines is 1. The van der Waals surface area contributed by atoms with E-state index in [0.29, 0.717) is 11.3 Å². The predicted octanol–water partition coefficient (Wildman–Crippen LogP) is 1.63. The second-order valence-electron chi connectivity index (χ2n) is 3.37. The van der Waals surface area contributed by atoms with Crippen LogP contribution >= 0.6 is 12.2 Å². The van der Waals surface area contributed by atoms with Gasteiger partial charge in [0.15, 0.2) is 4.77 Å². The van der Waals surface area contributed by atoms with Gasteiger partial charge in [0.05, 0.1) is 0 Å². The minimum absolute atomic E-state index is 0.0160. The van der Waals surface area contributed by atoms with Gasteiger partial charge in [-0.15, -0.1) is 0 Å².